The largest absolute Gasteiger partial charge is 0.507 e. The molecule has 1 unspecified atom stereocenters. The first-order chi connectivity index (χ1) is 12.1. The summed E-state index contributed by atoms with van der Waals surface area (Å²) >= 11 is 0. The summed E-state index contributed by atoms with van der Waals surface area (Å²) in [6, 6.07) is 7.25. The number of carboxylic acids is 1. The highest BCUT2D eigenvalue weighted by Gasteiger charge is 2.40. The Morgan fingerprint density at radius 3 is 2.08 bits per heavy atom. The van der Waals surface area contributed by atoms with E-state index in [4.69, 9.17) is 16.2 Å². The Balaban J connectivity index is 0.000000254. The quantitative estimate of drug-likeness (QED) is 0.581. The van der Waals surface area contributed by atoms with Gasteiger partial charge in [-0.3, -0.25) is 0 Å². The second-order valence-corrected chi connectivity index (χ2v) is 6.80. The standard InChI is InChI=1S/C14H18O4.C6H8N2/c1-7-8(2)12-10(9(3)11(7)15)5-6-14(4,18-12)13(16)17;7-5-3-1-2-4-6(5)8/h15H,5-6H2,1-4H3,(H,16,17);1-4H,7-8H2. The fraction of sp³-hybridized carbons (Fsp3) is 0.350. The van der Waals surface area contributed by atoms with Gasteiger partial charge in [0.2, 0.25) is 5.60 Å². The summed E-state index contributed by atoms with van der Waals surface area (Å²) < 4.78 is 5.72. The smallest absolute Gasteiger partial charge is 0.347 e. The van der Waals surface area contributed by atoms with E-state index in [1.54, 1.807) is 19.1 Å². The van der Waals surface area contributed by atoms with Gasteiger partial charge in [0.05, 0.1) is 11.4 Å². The highest BCUT2D eigenvalue weighted by Crippen LogP contribution is 2.43. The molecule has 0 saturated carbocycles. The third-order valence-corrected chi connectivity index (χ3v) is 4.97. The van der Waals surface area contributed by atoms with Gasteiger partial charge < -0.3 is 26.4 Å². The van der Waals surface area contributed by atoms with Crippen LogP contribution in [0.15, 0.2) is 24.3 Å². The maximum Gasteiger partial charge on any atom is 0.347 e. The number of ether oxygens (including phenoxy) is 1. The second kappa shape index (κ2) is 7.15. The van der Waals surface area contributed by atoms with E-state index in [0.717, 1.165) is 22.3 Å². The number of hydrogen-bond donors (Lipinski definition) is 4. The summed E-state index contributed by atoms with van der Waals surface area (Å²) in [6.45, 7) is 7.09. The lowest BCUT2D eigenvalue weighted by molar-refractivity contribution is -0.155. The number of nitrogens with two attached hydrogens (primary N) is 2. The molecule has 0 saturated heterocycles. The summed E-state index contributed by atoms with van der Waals surface area (Å²) in [5.41, 5.74) is 14.2. The van der Waals surface area contributed by atoms with Crippen molar-refractivity contribution in [2.45, 2.75) is 46.1 Å². The zero-order valence-corrected chi connectivity index (χ0v) is 15.6. The molecule has 6 N–H and O–H groups in total. The van der Waals surface area contributed by atoms with Crippen molar-refractivity contribution in [1.82, 2.24) is 0 Å². The zero-order chi connectivity index (χ0) is 19.6. The average Bonchev–Trinajstić information content (AvgIpc) is 2.61. The normalized spacial score (nSPS) is 18.2. The van der Waals surface area contributed by atoms with Gasteiger partial charge in [-0.1, -0.05) is 12.1 Å². The van der Waals surface area contributed by atoms with Gasteiger partial charge in [-0.05, 0) is 62.9 Å². The molecule has 140 valence electrons. The minimum atomic E-state index is -1.17. The van der Waals surface area contributed by atoms with Crippen molar-refractivity contribution in [3.8, 4) is 11.5 Å². The van der Waals surface area contributed by atoms with Crippen LogP contribution in [0.3, 0.4) is 0 Å². The molecule has 1 aliphatic heterocycles. The fourth-order valence-electron chi connectivity index (χ4n) is 2.91. The number of anilines is 2. The highest BCUT2D eigenvalue weighted by molar-refractivity contribution is 5.78. The molecular formula is C20H26N2O4. The molecule has 6 heteroatoms. The number of aliphatic carboxylic acids is 1. The van der Waals surface area contributed by atoms with E-state index in [2.05, 4.69) is 0 Å². The van der Waals surface area contributed by atoms with Gasteiger partial charge in [0.15, 0.2) is 0 Å². The van der Waals surface area contributed by atoms with Gasteiger partial charge in [0, 0.05) is 12.0 Å². The molecule has 3 rings (SSSR count). The van der Waals surface area contributed by atoms with E-state index in [1.807, 2.05) is 32.9 Å². The van der Waals surface area contributed by atoms with E-state index >= 15 is 0 Å². The number of para-hydroxylation sites is 2. The van der Waals surface area contributed by atoms with Crippen LogP contribution in [0.5, 0.6) is 11.5 Å². The molecule has 0 bridgehead atoms. The molecule has 1 heterocycles. The number of phenolic OH excluding ortho intramolecular Hbond substituents is 1. The lowest BCUT2D eigenvalue weighted by Gasteiger charge is -2.34. The maximum absolute atomic E-state index is 11.3. The predicted molar refractivity (Wildman–Crippen MR) is 103 cm³/mol. The van der Waals surface area contributed by atoms with Crippen LogP contribution in [-0.4, -0.2) is 21.8 Å². The molecule has 6 nitrogen and oxygen atoms in total. The number of carboxylic acid groups (broad SMARTS) is 1. The number of aromatic hydroxyl groups is 1. The molecular weight excluding hydrogens is 332 g/mol. The van der Waals surface area contributed by atoms with E-state index in [0.29, 0.717) is 30.0 Å². The van der Waals surface area contributed by atoms with Crippen LogP contribution in [0.4, 0.5) is 11.4 Å². The molecule has 0 radical (unpaired) electrons. The van der Waals surface area contributed by atoms with E-state index < -0.39 is 11.6 Å². The Morgan fingerprint density at radius 2 is 1.62 bits per heavy atom. The Labute approximate surface area is 153 Å². The molecule has 1 atom stereocenters. The Bertz CT molecular complexity index is 827. The Kier molecular flexibility index (Phi) is 5.35. The second-order valence-electron chi connectivity index (χ2n) is 6.80. The Hall–Kier alpha value is -2.89. The van der Waals surface area contributed by atoms with Gasteiger partial charge in [-0.2, -0.15) is 0 Å². The molecule has 0 fully saturated rings. The van der Waals surface area contributed by atoms with Gasteiger partial charge in [-0.15, -0.1) is 0 Å². The summed E-state index contributed by atoms with van der Waals surface area (Å²) in [7, 11) is 0. The van der Waals surface area contributed by atoms with Crippen molar-refractivity contribution >= 4 is 17.3 Å². The molecule has 0 aliphatic carbocycles. The molecule has 0 spiro atoms. The zero-order valence-electron chi connectivity index (χ0n) is 15.6. The first-order valence-electron chi connectivity index (χ1n) is 8.42. The maximum atomic E-state index is 11.3. The van der Waals surface area contributed by atoms with Crippen LogP contribution >= 0.6 is 0 Å². The van der Waals surface area contributed by atoms with Crippen molar-refractivity contribution < 1.29 is 19.7 Å². The third kappa shape index (κ3) is 3.54. The Morgan fingerprint density at radius 1 is 1.08 bits per heavy atom. The monoisotopic (exact) mass is 358 g/mol. The van der Waals surface area contributed by atoms with Crippen LogP contribution in [0, 0.1) is 20.8 Å². The first kappa shape index (κ1) is 19.4. The van der Waals surface area contributed by atoms with Crippen molar-refractivity contribution in [2.75, 3.05) is 11.5 Å². The summed E-state index contributed by atoms with van der Waals surface area (Å²) in [5.74, 6) is -0.0383. The van der Waals surface area contributed by atoms with Crippen LogP contribution in [-0.2, 0) is 11.2 Å². The molecule has 26 heavy (non-hydrogen) atoms. The highest BCUT2D eigenvalue weighted by atomic mass is 16.5. The molecule has 0 aromatic heterocycles. The van der Waals surface area contributed by atoms with Crippen LogP contribution in [0.25, 0.3) is 0 Å². The average molecular weight is 358 g/mol. The lowest BCUT2D eigenvalue weighted by atomic mass is 9.87. The topological polar surface area (TPSA) is 119 Å². The van der Waals surface area contributed by atoms with E-state index in [1.165, 1.54) is 0 Å². The van der Waals surface area contributed by atoms with Crippen LogP contribution in [0.1, 0.15) is 35.6 Å². The summed E-state index contributed by atoms with van der Waals surface area (Å²) in [5, 5.41) is 19.2. The lowest BCUT2D eigenvalue weighted by Crippen LogP contribution is -2.44. The number of carbonyl (C=O) groups is 1. The molecule has 1 aliphatic rings. The number of nitrogen functional groups attached to an aromatic ring is 2. The van der Waals surface area contributed by atoms with E-state index in [9.17, 15) is 15.0 Å². The number of benzene rings is 2. The summed E-state index contributed by atoms with van der Waals surface area (Å²) in [4.78, 5) is 11.3. The predicted octanol–water partition coefficient (Wildman–Crippen LogP) is 3.34. The van der Waals surface area contributed by atoms with Gasteiger partial charge in [-0.25, -0.2) is 4.79 Å². The van der Waals surface area contributed by atoms with Crippen molar-refractivity contribution in [2.24, 2.45) is 0 Å². The van der Waals surface area contributed by atoms with Gasteiger partial charge in [0.1, 0.15) is 11.5 Å². The van der Waals surface area contributed by atoms with Crippen LogP contribution < -0.4 is 16.2 Å². The molecule has 0 amide bonds. The number of fused-ring (bicyclic) bond motifs is 1. The number of phenols is 1. The molecule has 2 aromatic rings. The van der Waals surface area contributed by atoms with Gasteiger partial charge >= 0.3 is 5.97 Å². The van der Waals surface area contributed by atoms with Crippen molar-refractivity contribution in [1.29, 1.82) is 0 Å². The third-order valence-electron chi connectivity index (χ3n) is 4.97. The fourth-order valence-corrected chi connectivity index (χ4v) is 2.91. The number of hydrogen-bond acceptors (Lipinski definition) is 5. The van der Waals surface area contributed by atoms with Gasteiger partial charge in [0.25, 0.3) is 0 Å². The SMILES string of the molecule is Cc1c(C)c2c(c(C)c1O)CCC(C)(C(=O)O)O2.Nc1ccccc1N. The number of rotatable bonds is 1. The van der Waals surface area contributed by atoms with E-state index in [-0.39, 0.29) is 5.75 Å². The summed E-state index contributed by atoms with van der Waals surface area (Å²) in [6.07, 6.45) is 1.02. The molecule has 2 aromatic carbocycles. The minimum absolute atomic E-state index is 0.286. The first-order valence-corrected chi connectivity index (χ1v) is 8.42. The minimum Gasteiger partial charge on any atom is -0.507 e. The van der Waals surface area contributed by atoms with Crippen molar-refractivity contribution in [3.63, 3.8) is 0 Å². The van der Waals surface area contributed by atoms with Crippen LogP contribution in [0.2, 0.25) is 0 Å². The van der Waals surface area contributed by atoms with Crippen molar-refractivity contribution in [3.05, 3.63) is 46.5 Å².